The molecule has 0 bridgehead atoms. The Labute approximate surface area is 109 Å². The fraction of sp³-hybridized carbons (Fsp3) is 0.0714. The number of rotatable bonds is 3. The summed E-state index contributed by atoms with van der Waals surface area (Å²) in [7, 11) is 0. The highest BCUT2D eigenvalue weighted by Gasteiger charge is 2.10. The Morgan fingerprint density at radius 2 is 2.22 bits per heavy atom. The molecule has 0 radical (unpaired) electrons. The molecule has 4 heteroatoms. The molecule has 1 aromatic carbocycles. The number of hydrogen-bond donors (Lipinski definition) is 1. The normalized spacial score (nSPS) is 10.7. The molecule has 2 aromatic heterocycles. The Bertz CT molecular complexity index is 630. The van der Waals surface area contributed by atoms with Gasteiger partial charge in [0, 0.05) is 29.4 Å². The monoisotopic (exact) mass is 258 g/mol. The maximum Gasteiger partial charge on any atom is 0.134 e. The molecule has 0 saturated carbocycles. The molecule has 0 fully saturated rings. The van der Waals surface area contributed by atoms with Crippen molar-refractivity contribution in [3.63, 3.8) is 0 Å². The molecule has 0 aliphatic rings. The lowest BCUT2D eigenvalue weighted by Gasteiger charge is -2.06. The van der Waals surface area contributed by atoms with Crippen LogP contribution in [0.5, 0.6) is 0 Å². The van der Waals surface area contributed by atoms with Gasteiger partial charge in [-0.1, -0.05) is 17.7 Å². The number of halogens is 1. The predicted octanol–water partition coefficient (Wildman–Crippen LogP) is 3.91. The van der Waals surface area contributed by atoms with Crippen molar-refractivity contribution in [2.45, 2.75) is 6.42 Å². The van der Waals surface area contributed by atoms with Crippen molar-refractivity contribution in [3.8, 4) is 11.3 Å². The molecule has 1 N–H and O–H groups in total. The van der Waals surface area contributed by atoms with Gasteiger partial charge < -0.3 is 9.40 Å². The number of nitrogens with zero attached hydrogens (tertiary/aromatic N) is 1. The van der Waals surface area contributed by atoms with E-state index < -0.39 is 0 Å². The summed E-state index contributed by atoms with van der Waals surface area (Å²) in [6, 6.07) is 9.60. The van der Waals surface area contributed by atoms with E-state index in [1.54, 1.807) is 12.5 Å². The Hall–Kier alpha value is -2.00. The molecular formula is C14H11ClN2O. The first-order valence-corrected chi connectivity index (χ1v) is 6.01. The molecule has 90 valence electrons. The van der Waals surface area contributed by atoms with Gasteiger partial charge in [0.15, 0.2) is 0 Å². The minimum atomic E-state index is 0.699. The van der Waals surface area contributed by atoms with Gasteiger partial charge in [-0.05, 0) is 29.8 Å². The van der Waals surface area contributed by atoms with E-state index in [0.717, 1.165) is 29.1 Å². The van der Waals surface area contributed by atoms with Crippen molar-refractivity contribution in [3.05, 3.63) is 65.4 Å². The van der Waals surface area contributed by atoms with Gasteiger partial charge in [0.1, 0.15) is 11.6 Å². The van der Waals surface area contributed by atoms with E-state index in [9.17, 15) is 0 Å². The number of imidazole rings is 1. The minimum Gasteiger partial charge on any atom is -0.464 e. The van der Waals surface area contributed by atoms with Crippen LogP contribution in [0.3, 0.4) is 0 Å². The third-order valence-electron chi connectivity index (χ3n) is 2.77. The van der Waals surface area contributed by atoms with Crippen LogP contribution in [0.1, 0.15) is 11.4 Å². The van der Waals surface area contributed by atoms with Crippen LogP contribution in [0, 0.1) is 0 Å². The fourth-order valence-corrected chi connectivity index (χ4v) is 2.11. The van der Waals surface area contributed by atoms with Gasteiger partial charge in [-0.25, -0.2) is 4.98 Å². The Kier molecular flexibility index (Phi) is 2.90. The van der Waals surface area contributed by atoms with E-state index in [2.05, 4.69) is 9.97 Å². The molecule has 0 saturated heterocycles. The van der Waals surface area contributed by atoms with E-state index in [1.165, 1.54) is 0 Å². The zero-order chi connectivity index (χ0) is 12.4. The highest BCUT2D eigenvalue weighted by atomic mass is 35.5. The van der Waals surface area contributed by atoms with E-state index in [-0.39, 0.29) is 0 Å². The number of nitrogens with one attached hydrogen (secondary N) is 1. The van der Waals surface area contributed by atoms with E-state index in [0.29, 0.717) is 5.02 Å². The second kappa shape index (κ2) is 4.70. The smallest absolute Gasteiger partial charge is 0.134 e. The maximum absolute atomic E-state index is 6.05. The highest BCUT2D eigenvalue weighted by molar-refractivity contribution is 6.30. The summed E-state index contributed by atoms with van der Waals surface area (Å²) in [5.74, 6) is 1.74. The Morgan fingerprint density at radius 1 is 1.28 bits per heavy atom. The van der Waals surface area contributed by atoms with Crippen molar-refractivity contribution in [2.24, 2.45) is 0 Å². The van der Waals surface area contributed by atoms with Gasteiger partial charge in [-0.15, -0.1) is 0 Å². The molecule has 0 spiro atoms. The summed E-state index contributed by atoms with van der Waals surface area (Å²) in [6.07, 6.45) is 5.95. The molecule has 3 aromatic rings. The molecule has 3 nitrogen and oxygen atoms in total. The van der Waals surface area contributed by atoms with Crippen LogP contribution in [0.2, 0.25) is 5.02 Å². The molecule has 2 heterocycles. The molecule has 0 aliphatic carbocycles. The third-order valence-corrected chi connectivity index (χ3v) is 3.01. The van der Waals surface area contributed by atoms with Gasteiger partial charge in [0.2, 0.25) is 0 Å². The lowest BCUT2D eigenvalue weighted by atomic mass is 10.0. The van der Waals surface area contributed by atoms with Crippen LogP contribution in [0.15, 0.2) is 53.4 Å². The van der Waals surface area contributed by atoms with Gasteiger partial charge in [0.05, 0.1) is 6.26 Å². The van der Waals surface area contributed by atoms with Gasteiger partial charge >= 0.3 is 0 Å². The zero-order valence-corrected chi connectivity index (χ0v) is 10.3. The topological polar surface area (TPSA) is 41.8 Å². The SMILES string of the molecule is Clc1ccc(Cc2ncc[nH]2)c(-c2ccco2)c1. The minimum absolute atomic E-state index is 0.699. The Morgan fingerprint density at radius 3 is 2.94 bits per heavy atom. The number of aromatic nitrogens is 2. The van der Waals surface area contributed by atoms with Gasteiger partial charge in [0.25, 0.3) is 0 Å². The fourth-order valence-electron chi connectivity index (χ4n) is 1.94. The summed E-state index contributed by atoms with van der Waals surface area (Å²) in [4.78, 5) is 7.34. The lowest BCUT2D eigenvalue weighted by molar-refractivity contribution is 0.581. The van der Waals surface area contributed by atoms with Crippen molar-refractivity contribution in [1.29, 1.82) is 0 Å². The van der Waals surface area contributed by atoms with Crippen molar-refractivity contribution >= 4 is 11.6 Å². The number of aromatic amines is 1. The number of H-pyrrole nitrogens is 1. The van der Waals surface area contributed by atoms with E-state index in [4.69, 9.17) is 16.0 Å². The first-order chi connectivity index (χ1) is 8.83. The van der Waals surface area contributed by atoms with Crippen LogP contribution < -0.4 is 0 Å². The molecule has 18 heavy (non-hydrogen) atoms. The average Bonchev–Trinajstić information content (AvgIpc) is 3.04. The molecular weight excluding hydrogens is 248 g/mol. The van der Waals surface area contributed by atoms with Crippen molar-refractivity contribution in [2.75, 3.05) is 0 Å². The highest BCUT2D eigenvalue weighted by Crippen LogP contribution is 2.28. The summed E-state index contributed by atoms with van der Waals surface area (Å²) in [6.45, 7) is 0. The van der Waals surface area contributed by atoms with E-state index in [1.807, 2.05) is 36.5 Å². The third kappa shape index (κ3) is 2.17. The van der Waals surface area contributed by atoms with Gasteiger partial charge in [-0.3, -0.25) is 0 Å². The van der Waals surface area contributed by atoms with Crippen molar-refractivity contribution in [1.82, 2.24) is 9.97 Å². The second-order valence-electron chi connectivity index (χ2n) is 3.99. The molecule has 0 aliphatic heterocycles. The first kappa shape index (κ1) is 11.1. The number of furan rings is 1. The van der Waals surface area contributed by atoms with Crippen LogP contribution in [0.4, 0.5) is 0 Å². The largest absolute Gasteiger partial charge is 0.464 e. The number of hydrogen-bond acceptors (Lipinski definition) is 2. The van der Waals surface area contributed by atoms with E-state index >= 15 is 0 Å². The van der Waals surface area contributed by atoms with Gasteiger partial charge in [-0.2, -0.15) is 0 Å². The van der Waals surface area contributed by atoms with Crippen LogP contribution in [-0.2, 0) is 6.42 Å². The molecule has 3 rings (SSSR count). The molecule has 0 amide bonds. The quantitative estimate of drug-likeness (QED) is 0.774. The first-order valence-electron chi connectivity index (χ1n) is 5.63. The molecule has 0 unspecified atom stereocenters. The van der Waals surface area contributed by atoms with Crippen LogP contribution in [0.25, 0.3) is 11.3 Å². The summed E-state index contributed by atoms with van der Waals surface area (Å²) in [5, 5.41) is 0.699. The maximum atomic E-state index is 6.05. The second-order valence-corrected chi connectivity index (χ2v) is 4.43. The average molecular weight is 259 g/mol. The van der Waals surface area contributed by atoms with Crippen LogP contribution >= 0.6 is 11.6 Å². The van der Waals surface area contributed by atoms with Crippen LogP contribution in [-0.4, -0.2) is 9.97 Å². The standard InChI is InChI=1S/C14H11ClN2O/c15-11-4-3-10(8-14-16-5-6-17-14)12(9-11)13-2-1-7-18-13/h1-7,9H,8H2,(H,16,17). The lowest BCUT2D eigenvalue weighted by Crippen LogP contribution is -1.93. The predicted molar refractivity (Wildman–Crippen MR) is 70.5 cm³/mol. The summed E-state index contributed by atoms with van der Waals surface area (Å²) < 4.78 is 5.45. The molecule has 0 atom stereocenters. The summed E-state index contributed by atoms with van der Waals surface area (Å²) in [5.41, 5.74) is 2.13. The zero-order valence-electron chi connectivity index (χ0n) is 9.56. The number of benzene rings is 1. The van der Waals surface area contributed by atoms with Crippen molar-refractivity contribution < 1.29 is 4.42 Å². The summed E-state index contributed by atoms with van der Waals surface area (Å²) >= 11 is 6.05. The Balaban J connectivity index is 2.03.